The second kappa shape index (κ2) is 11.7. The Kier molecular flexibility index (Phi) is 8.40. The highest BCUT2D eigenvalue weighted by Crippen LogP contribution is 2.41. The van der Waals surface area contributed by atoms with Crippen molar-refractivity contribution in [2.24, 2.45) is 0 Å². The van der Waals surface area contributed by atoms with Gasteiger partial charge in [-0.25, -0.2) is 22.4 Å². The van der Waals surface area contributed by atoms with E-state index < -0.39 is 82.6 Å². The quantitative estimate of drug-likeness (QED) is 0.440. The number of piperazine rings is 1. The number of aromatic amines is 1. The van der Waals surface area contributed by atoms with Crippen LogP contribution in [0, 0.1) is 11.6 Å². The van der Waals surface area contributed by atoms with Crippen LogP contribution in [0.4, 0.5) is 46.9 Å². The molecule has 5 rings (SSSR count). The van der Waals surface area contributed by atoms with Crippen molar-refractivity contribution >= 4 is 28.9 Å². The maximum atomic E-state index is 16.4. The van der Waals surface area contributed by atoms with Gasteiger partial charge in [0.05, 0.1) is 22.4 Å². The number of H-pyrrole nitrogens is 1. The number of amides is 2. The number of nitrogens with zero attached hydrogens (tertiary/aromatic N) is 3. The lowest BCUT2D eigenvalue weighted by atomic mass is 9.91. The Hall–Kier alpha value is -4.08. The normalized spacial score (nSPS) is 22.2. The van der Waals surface area contributed by atoms with Crippen LogP contribution in [-0.4, -0.2) is 84.1 Å². The van der Waals surface area contributed by atoms with Gasteiger partial charge in [0.1, 0.15) is 17.6 Å². The summed E-state index contributed by atoms with van der Waals surface area (Å²) in [6.07, 6.45) is -6.41. The van der Waals surface area contributed by atoms with E-state index in [2.05, 4.69) is 5.32 Å². The van der Waals surface area contributed by atoms with Gasteiger partial charge < -0.3 is 24.8 Å². The molecule has 2 fully saturated rings. The molecular formula is C29H30F7N5O4. The zero-order valence-electron chi connectivity index (χ0n) is 24.4. The summed E-state index contributed by atoms with van der Waals surface area (Å²) in [7, 11) is 1.87. The van der Waals surface area contributed by atoms with Crippen LogP contribution in [-0.2, 0) is 10.9 Å². The van der Waals surface area contributed by atoms with Gasteiger partial charge in [0.2, 0.25) is 5.56 Å². The van der Waals surface area contributed by atoms with Crippen molar-refractivity contribution in [2.75, 3.05) is 43.4 Å². The zero-order chi connectivity index (χ0) is 33.0. The first-order valence-corrected chi connectivity index (χ1v) is 14.1. The van der Waals surface area contributed by atoms with Crippen molar-refractivity contribution in [1.82, 2.24) is 14.8 Å². The number of anilines is 2. The molecule has 0 radical (unpaired) electrons. The van der Waals surface area contributed by atoms with E-state index in [4.69, 9.17) is 4.74 Å². The number of halogens is 7. The molecule has 3 heterocycles. The lowest BCUT2D eigenvalue weighted by molar-refractivity contribution is -0.147. The van der Waals surface area contributed by atoms with Crippen LogP contribution in [0.2, 0.25) is 0 Å². The summed E-state index contributed by atoms with van der Waals surface area (Å²) < 4.78 is 105. The van der Waals surface area contributed by atoms with Gasteiger partial charge in [0.15, 0.2) is 5.82 Å². The van der Waals surface area contributed by atoms with Crippen molar-refractivity contribution in [3.63, 3.8) is 0 Å². The molecule has 9 nitrogen and oxygen atoms in total. The molecule has 2 aromatic rings. The van der Waals surface area contributed by atoms with E-state index in [0.29, 0.717) is 6.20 Å². The van der Waals surface area contributed by atoms with E-state index in [1.165, 1.54) is 6.08 Å². The molecule has 1 aliphatic carbocycles. The molecule has 1 aromatic carbocycles. The predicted octanol–water partition coefficient (Wildman–Crippen LogP) is 5.09. The maximum Gasteiger partial charge on any atom is 0.417 e. The first-order valence-electron chi connectivity index (χ1n) is 14.1. The summed E-state index contributed by atoms with van der Waals surface area (Å²) in [5, 5.41) is 2.18. The smallest absolute Gasteiger partial charge is 0.417 e. The van der Waals surface area contributed by atoms with Crippen molar-refractivity contribution < 1.29 is 45.1 Å². The van der Waals surface area contributed by atoms with Crippen LogP contribution in [0.5, 0.6) is 0 Å². The number of benzene rings is 1. The number of alkyl halides is 5. The minimum absolute atomic E-state index is 0.0249. The van der Waals surface area contributed by atoms with Crippen LogP contribution in [0.25, 0.3) is 5.57 Å². The second-order valence-electron chi connectivity index (χ2n) is 11.7. The summed E-state index contributed by atoms with van der Waals surface area (Å²) in [6.45, 7) is 3.76. The lowest BCUT2D eigenvalue weighted by Crippen LogP contribution is -2.55. The van der Waals surface area contributed by atoms with E-state index in [0.717, 1.165) is 11.0 Å². The Bertz CT molecular complexity index is 1590. The number of ether oxygens (including phenoxy) is 1. The number of aromatic nitrogens is 1. The van der Waals surface area contributed by atoms with Gasteiger partial charge in [-0.1, -0.05) is 6.08 Å². The number of hydrogen-bond acceptors (Lipinski definition) is 6. The van der Waals surface area contributed by atoms with Gasteiger partial charge in [-0.05, 0) is 26.5 Å². The molecule has 0 bridgehead atoms. The highest BCUT2D eigenvalue weighted by molar-refractivity contribution is 6.07. The standard InChI is InChI=1S/C29H30F7N5O4/c1-14-11-41(12-15(2)39(14)3)21-7-20(30)23(16-4-5-40(13-16)27(44)45-17-8-28(32,33)9-17)24(31)25(21)38-26(43)18-10-37-22(42)6-19(18)29(34,35)36/h4,6-7,10,14-15,17H,5,8-9,11-13H2,1-3H3,(H,37,42)(H,38,43)/t14-,15+. The Labute approximate surface area is 252 Å². The second-order valence-corrected chi connectivity index (χ2v) is 11.7. The maximum absolute atomic E-state index is 16.4. The number of carbonyl (C=O) groups excluding carboxylic acids is 2. The number of likely N-dealkylation sites (N-methyl/N-ethyl adjacent to an activating group) is 1. The molecule has 1 aromatic heterocycles. The minimum Gasteiger partial charge on any atom is -0.446 e. The number of hydrogen-bond donors (Lipinski definition) is 2. The summed E-state index contributed by atoms with van der Waals surface area (Å²) in [5.74, 6) is -6.69. The van der Waals surface area contributed by atoms with Gasteiger partial charge in [0, 0.05) is 69.4 Å². The van der Waals surface area contributed by atoms with Crippen LogP contribution >= 0.6 is 0 Å². The number of pyridine rings is 1. The summed E-state index contributed by atoms with van der Waals surface area (Å²) in [6, 6.07) is 0.960. The summed E-state index contributed by atoms with van der Waals surface area (Å²) >= 11 is 0. The van der Waals surface area contributed by atoms with Gasteiger partial charge in [-0.15, -0.1) is 0 Å². The van der Waals surface area contributed by atoms with E-state index in [1.807, 2.05) is 30.8 Å². The van der Waals surface area contributed by atoms with Crippen LogP contribution in [0.1, 0.15) is 48.2 Å². The molecule has 0 spiro atoms. The zero-order valence-corrected chi connectivity index (χ0v) is 24.4. The predicted molar refractivity (Wildman–Crippen MR) is 149 cm³/mol. The Morgan fingerprint density at radius 3 is 2.33 bits per heavy atom. The molecule has 1 saturated carbocycles. The average Bonchev–Trinajstić information content (AvgIpc) is 3.41. The average molecular weight is 646 g/mol. The topological polar surface area (TPSA) is 98.0 Å². The summed E-state index contributed by atoms with van der Waals surface area (Å²) in [5.41, 5.74) is -5.03. The molecule has 2 N–H and O–H groups in total. The van der Waals surface area contributed by atoms with E-state index in [1.54, 1.807) is 4.90 Å². The molecule has 16 heteroatoms. The Morgan fingerprint density at radius 2 is 1.73 bits per heavy atom. The first-order chi connectivity index (χ1) is 20.9. The van der Waals surface area contributed by atoms with Gasteiger partial charge in [0.25, 0.3) is 11.8 Å². The Balaban J connectivity index is 1.49. The van der Waals surface area contributed by atoms with Crippen molar-refractivity contribution in [3.8, 4) is 0 Å². The molecule has 244 valence electrons. The van der Waals surface area contributed by atoms with E-state index in [9.17, 15) is 36.3 Å². The van der Waals surface area contributed by atoms with Crippen molar-refractivity contribution in [1.29, 1.82) is 0 Å². The highest BCUT2D eigenvalue weighted by atomic mass is 19.4. The van der Waals surface area contributed by atoms with E-state index >= 15 is 8.78 Å². The molecule has 2 atom stereocenters. The third-order valence-corrected chi connectivity index (χ3v) is 8.43. The fourth-order valence-electron chi connectivity index (χ4n) is 5.73. The monoisotopic (exact) mass is 645 g/mol. The van der Waals surface area contributed by atoms with Gasteiger partial charge >= 0.3 is 12.3 Å². The third kappa shape index (κ3) is 6.51. The minimum atomic E-state index is -5.10. The highest BCUT2D eigenvalue weighted by Gasteiger charge is 2.48. The fourth-order valence-corrected chi connectivity index (χ4v) is 5.73. The SMILES string of the molecule is C[C@@H]1CN(c2cc(F)c(C3=CCN(C(=O)OC4CC(F)(F)C4)C3)c(F)c2NC(=O)c2c[nH]c(=O)cc2C(F)(F)F)C[C@H](C)N1C. The fraction of sp³-hybridized carbons (Fsp3) is 0.483. The molecule has 1 saturated heterocycles. The van der Waals surface area contributed by atoms with Crippen molar-refractivity contribution in [3.05, 3.63) is 63.1 Å². The number of carbonyl (C=O) groups is 2. The summed E-state index contributed by atoms with van der Waals surface area (Å²) in [4.78, 5) is 44.1. The number of nitrogens with one attached hydrogen (secondary N) is 2. The van der Waals surface area contributed by atoms with Crippen LogP contribution in [0.15, 0.2) is 29.2 Å². The number of rotatable bonds is 5. The molecule has 45 heavy (non-hydrogen) atoms. The van der Waals surface area contributed by atoms with Crippen LogP contribution in [0.3, 0.4) is 0 Å². The van der Waals surface area contributed by atoms with Gasteiger partial charge in [-0.2, -0.15) is 13.2 Å². The molecule has 2 aliphatic heterocycles. The lowest BCUT2D eigenvalue weighted by Gasteiger charge is -2.44. The van der Waals surface area contributed by atoms with Crippen molar-refractivity contribution in [2.45, 2.75) is 57.0 Å². The van der Waals surface area contributed by atoms with Gasteiger partial charge in [-0.3, -0.25) is 14.5 Å². The third-order valence-electron chi connectivity index (χ3n) is 8.43. The largest absolute Gasteiger partial charge is 0.446 e. The first kappa shape index (κ1) is 32.3. The Morgan fingerprint density at radius 1 is 1.09 bits per heavy atom. The molecule has 3 aliphatic rings. The van der Waals surface area contributed by atoms with Crippen LogP contribution < -0.4 is 15.8 Å². The van der Waals surface area contributed by atoms with E-state index in [-0.39, 0.29) is 55.6 Å². The molecule has 2 amide bonds. The molecular weight excluding hydrogens is 615 g/mol. The molecule has 0 unspecified atom stereocenters.